The molecule has 41 heavy (non-hydrogen) atoms. The lowest BCUT2D eigenvalue weighted by Crippen LogP contribution is -2.42. The van der Waals surface area contributed by atoms with E-state index in [0.29, 0.717) is 43.7 Å². The normalized spacial score (nSPS) is 12.0. The van der Waals surface area contributed by atoms with E-state index in [1.165, 1.54) is 11.3 Å². The van der Waals surface area contributed by atoms with Crippen LogP contribution in [0.4, 0.5) is 11.9 Å². The van der Waals surface area contributed by atoms with Gasteiger partial charge >= 0.3 is 0 Å². The predicted molar refractivity (Wildman–Crippen MR) is 172 cm³/mol. The van der Waals surface area contributed by atoms with E-state index in [0.717, 1.165) is 0 Å². The van der Waals surface area contributed by atoms with Crippen molar-refractivity contribution in [2.75, 3.05) is 9.80 Å². The summed E-state index contributed by atoms with van der Waals surface area (Å²) < 4.78 is 3.28. The van der Waals surface area contributed by atoms with E-state index in [1.807, 2.05) is 60.7 Å². The molecule has 0 N–H and O–H groups in total. The van der Waals surface area contributed by atoms with Crippen LogP contribution in [-0.2, 0) is 0 Å². The summed E-state index contributed by atoms with van der Waals surface area (Å²) >= 11 is 1.31. The van der Waals surface area contributed by atoms with Gasteiger partial charge in [0.15, 0.2) is 0 Å². The van der Waals surface area contributed by atoms with Crippen molar-refractivity contribution in [3.05, 3.63) is 81.4 Å². The summed E-state index contributed by atoms with van der Waals surface area (Å²) in [5.74, 6) is 1.11. The number of fused-ring (bicyclic) bond motifs is 3. The van der Waals surface area contributed by atoms with Gasteiger partial charge in [-0.1, -0.05) is 47.7 Å². The number of para-hydroxylation sites is 2. The van der Waals surface area contributed by atoms with Crippen LogP contribution in [0.5, 0.6) is 0 Å². The lowest BCUT2D eigenvalue weighted by Gasteiger charge is -2.33. The first-order valence-corrected chi connectivity index (χ1v) is 15.0. The highest BCUT2D eigenvalue weighted by atomic mass is 32.1. The predicted octanol–water partition coefficient (Wildman–Crippen LogP) is 6.39. The molecule has 0 spiro atoms. The number of thiophene rings is 1. The SMILES string of the molecule is CC(C)N(c1nc2sc3nc(N(C(C)C)C(C)C)n(-c4ccccc4)c(=O)c3c2c(=O)n1-c1ccccc1)C(C)C. The van der Waals surface area contributed by atoms with E-state index in [2.05, 4.69) is 65.2 Å². The van der Waals surface area contributed by atoms with Gasteiger partial charge in [-0.3, -0.25) is 9.59 Å². The van der Waals surface area contributed by atoms with Crippen molar-refractivity contribution < 1.29 is 0 Å². The molecular weight excluding hydrogens is 532 g/mol. The molecule has 0 aliphatic carbocycles. The van der Waals surface area contributed by atoms with E-state index in [1.54, 1.807) is 9.13 Å². The topological polar surface area (TPSA) is 76.3 Å². The van der Waals surface area contributed by atoms with Gasteiger partial charge in [-0.25, -0.2) is 19.1 Å². The molecule has 0 atom stereocenters. The standard InChI is InChI=1S/C32H38N6O2S/c1-19(2)35(20(3)4)31-33-27-25(29(39)37(31)23-15-11-9-12-16-23)26-28(41-27)34-32(36(21(5)6)22(7)8)38(30(26)40)24-17-13-10-14-18-24/h9-22H,1-8H3. The largest absolute Gasteiger partial charge is 0.337 e. The molecule has 2 aromatic carbocycles. The second-order valence-corrected chi connectivity index (χ2v) is 12.4. The molecule has 9 heteroatoms. The lowest BCUT2D eigenvalue weighted by molar-refractivity contribution is 0.582. The van der Waals surface area contributed by atoms with Crippen LogP contribution in [0, 0.1) is 0 Å². The molecule has 3 heterocycles. The van der Waals surface area contributed by atoms with E-state index in [-0.39, 0.29) is 35.3 Å². The van der Waals surface area contributed by atoms with E-state index < -0.39 is 0 Å². The van der Waals surface area contributed by atoms with E-state index >= 15 is 0 Å². The molecule has 0 bridgehead atoms. The molecular formula is C32H38N6O2S. The Hall–Kier alpha value is -3.98. The van der Waals surface area contributed by atoms with Gasteiger partial charge in [-0.2, -0.15) is 0 Å². The van der Waals surface area contributed by atoms with Crippen molar-refractivity contribution in [2.24, 2.45) is 0 Å². The van der Waals surface area contributed by atoms with Crippen molar-refractivity contribution in [1.29, 1.82) is 0 Å². The summed E-state index contributed by atoms with van der Waals surface area (Å²) in [6, 6.07) is 19.4. The minimum absolute atomic E-state index is 0.0920. The summed E-state index contributed by atoms with van der Waals surface area (Å²) in [4.78, 5) is 44.5. The molecule has 0 aliphatic heterocycles. The van der Waals surface area contributed by atoms with Gasteiger partial charge in [0.25, 0.3) is 11.1 Å². The summed E-state index contributed by atoms with van der Waals surface area (Å²) in [6.07, 6.45) is 0. The number of anilines is 2. The van der Waals surface area contributed by atoms with Crippen LogP contribution in [0.15, 0.2) is 70.3 Å². The molecule has 5 rings (SSSR count). The zero-order valence-corrected chi connectivity index (χ0v) is 25.8. The molecule has 0 unspecified atom stereocenters. The van der Waals surface area contributed by atoms with E-state index in [9.17, 15) is 9.59 Å². The van der Waals surface area contributed by atoms with Gasteiger partial charge in [0.1, 0.15) is 9.66 Å². The summed E-state index contributed by atoms with van der Waals surface area (Å²) in [6.45, 7) is 16.7. The Morgan fingerprint density at radius 1 is 0.561 bits per heavy atom. The fraction of sp³-hybridized carbons (Fsp3) is 0.375. The Morgan fingerprint density at radius 3 is 1.17 bits per heavy atom. The van der Waals surface area contributed by atoms with E-state index in [4.69, 9.17) is 9.97 Å². The van der Waals surface area contributed by atoms with Crippen molar-refractivity contribution in [1.82, 2.24) is 19.1 Å². The first kappa shape index (κ1) is 28.5. The zero-order chi connectivity index (χ0) is 29.6. The minimum Gasteiger partial charge on any atom is -0.337 e. The van der Waals surface area contributed by atoms with Gasteiger partial charge < -0.3 is 9.80 Å². The molecule has 0 radical (unpaired) electrons. The van der Waals surface area contributed by atoms with Gasteiger partial charge in [0, 0.05) is 24.2 Å². The lowest BCUT2D eigenvalue weighted by atomic mass is 10.2. The quantitative estimate of drug-likeness (QED) is 0.215. The molecule has 5 aromatic rings. The molecule has 0 saturated heterocycles. The smallest absolute Gasteiger partial charge is 0.269 e. The molecule has 8 nitrogen and oxygen atoms in total. The minimum atomic E-state index is -0.274. The van der Waals surface area contributed by atoms with Gasteiger partial charge in [-0.05, 0) is 79.7 Å². The number of rotatable bonds is 8. The van der Waals surface area contributed by atoms with Gasteiger partial charge in [0.2, 0.25) is 11.9 Å². The molecule has 0 aliphatic rings. The van der Waals surface area contributed by atoms with Gasteiger partial charge in [0.05, 0.1) is 22.1 Å². The fourth-order valence-electron chi connectivity index (χ4n) is 5.73. The number of benzene rings is 2. The molecule has 0 amide bonds. The van der Waals surface area contributed by atoms with Crippen LogP contribution in [0.2, 0.25) is 0 Å². The maximum atomic E-state index is 14.5. The Kier molecular flexibility index (Phi) is 7.74. The average Bonchev–Trinajstić information content (AvgIpc) is 3.28. The third kappa shape index (κ3) is 4.92. The summed E-state index contributed by atoms with van der Waals surface area (Å²) in [7, 11) is 0. The number of aromatic nitrogens is 4. The highest BCUT2D eigenvalue weighted by Crippen LogP contribution is 2.33. The maximum absolute atomic E-state index is 14.5. The second kappa shape index (κ2) is 11.1. The first-order chi connectivity index (χ1) is 19.5. The number of nitrogens with zero attached hydrogens (tertiary/aromatic N) is 6. The first-order valence-electron chi connectivity index (χ1n) is 14.2. The van der Waals surface area contributed by atoms with Crippen LogP contribution in [0.3, 0.4) is 0 Å². The summed E-state index contributed by atoms with van der Waals surface area (Å²) in [5.41, 5.74) is 0.854. The van der Waals surface area contributed by atoms with Crippen molar-refractivity contribution in [3.63, 3.8) is 0 Å². The van der Waals surface area contributed by atoms with Crippen molar-refractivity contribution >= 4 is 43.7 Å². The Morgan fingerprint density at radius 2 is 0.878 bits per heavy atom. The van der Waals surface area contributed by atoms with Gasteiger partial charge in [-0.15, -0.1) is 0 Å². The second-order valence-electron chi connectivity index (χ2n) is 11.4. The third-order valence-electron chi connectivity index (χ3n) is 7.22. The van der Waals surface area contributed by atoms with Crippen LogP contribution in [-0.4, -0.2) is 43.3 Å². The highest BCUT2D eigenvalue weighted by Gasteiger charge is 2.29. The zero-order valence-electron chi connectivity index (χ0n) is 25.0. The Bertz CT molecular complexity index is 1660. The number of hydrogen-bond acceptors (Lipinski definition) is 7. The third-order valence-corrected chi connectivity index (χ3v) is 8.20. The molecule has 3 aromatic heterocycles. The monoisotopic (exact) mass is 570 g/mol. The average molecular weight is 571 g/mol. The molecule has 0 saturated carbocycles. The summed E-state index contributed by atoms with van der Waals surface area (Å²) in [5, 5.41) is 0.610. The number of hydrogen-bond donors (Lipinski definition) is 0. The van der Waals surface area contributed by atoms with Crippen LogP contribution in [0.1, 0.15) is 55.4 Å². The van der Waals surface area contributed by atoms with Crippen LogP contribution >= 0.6 is 11.3 Å². The van der Waals surface area contributed by atoms with Crippen molar-refractivity contribution in [3.8, 4) is 11.4 Å². The highest BCUT2D eigenvalue weighted by molar-refractivity contribution is 7.25. The van der Waals surface area contributed by atoms with Crippen LogP contribution < -0.4 is 20.9 Å². The maximum Gasteiger partial charge on any atom is 0.269 e. The Balaban J connectivity index is 1.97. The molecule has 214 valence electrons. The molecule has 0 fully saturated rings. The van der Waals surface area contributed by atoms with Crippen molar-refractivity contribution in [2.45, 2.75) is 79.6 Å². The fourth-order valence-corrected chi connectivity index (χ4v) is 6.75. The van der Waals surface area contributed by atoms with Crippen LogP contribution in [0.25, 0.3) is 31.8 Å². The Labute approximate surface area is 244 Å².